The minimum absolute atomic E-state index is 0.323. The van der Waals surface area contributed by atoms with Crippen LogP contribution >= 0.6 is 0 Å². The molecule has 2 N–H and O–H groups in total. The summed E-state index contributed by atoms with van der Waals surface area (Å²) in [6, 6.07) is 21.3. The fourth-order valence-corrected chi connectivity index (χ4v) is 4.56. The van der Waals surface area contributed by atoms with Gasteiger partial charge in [-0.15, -0.1) is 0 Å². The summed E-state index contributed by atoms with van der Waals surface area (Å²) in [6.07, 6.45) is 4.82. The van der Waals surface area contributed by atoms with Gasteiger partial charge < -0.3 is 14.0 Å². The molecule has 0 saturated carbocycles. The van der Waals surface area contributed by atoms with E-state index >= 15 is 0 Å². The predicted molar refractivity (Wildman–Crippen MR) is 141 cm³/mol. The number of hydrogen-bond acceptors (Lipinski definition) is 6. The molecule has 4 heterocycles. The van der Waals surface area contributed by atoms with Crippen LogP contribution in [-0.4, -0.2) is 35.4 Å². The molecule has 0 atom stereocenters. The van der Waals surface area contributed by atoms with Crippen molar-refractivity contribution in [2.24, 2.45) is 7.05 Å². The van der Waals surface area contributed by atoms with Crippen molar-refractivity contribution in [1.29, 1.82) is 0 Å². The molecule has 0 unspecified atom stereocenters. The number of fused-ring (bicyclic) bond motifs is 3. The highest BCUT2D eigenvalue weighted by molar-refractivity contribution is 6.13. The minimum atomic E-state index is -0.323. The van der Waals surface area contributed by atoms with E-state index in [9.17, 15) is 4.79 Å². The third kappa shape index (κ3) is 3.61. The predicted octanol–water partition coefficient (Wildman–Crippen LogP) is 5.57. The summed E-state index contributed by atoms with van der Waals surface area (Å²) in [5, 5.41) is 3.60. The second-order valence-corrected chi connectivity index (χ2v) is 8.74. The molecule has 0 aliphatic rings. The zero-order chi connectivity index (χ0) is 24.9. The van der Waals surface area contributed by atoms with Crippen LogP contribution in [0, 0.1) is 0 Å². The van der Waals surface area contributed by atoms with Crippen molar-refractivity contribution in [3.05, 3.63) is 91.1 Å². The molecule has 4 aromatic heterocycles. The number of oxazole rings is 1. The zero-order valence-corrected chi connectivity index (χ0v) is 19.6. The summed E-state index contributed by atoms with van der Waals surface area (Å²) >= 11 is 0. The summed E-state index contributed by atoms with van der Waals surface area (Å²) in [7, 11) is 1.97. The van der Waals surface area contributed by atoms with Gasteiger partial charge in [0.1, 0.15) is 12.0 Å². The smallest absolute Gasteiger partial charge is 0.258 e. The normalized spacial score (nSPS) is 11.5. The number of imidazole rings is 2. The second kappa shape index (κ2) is 8.13. The molecule has 0 aliphatic heterocycles. The number of pyridine rings is 1. The molecule has 178 valence electrons. The summed E-state index contributed by atoms with van der Waals surface area (Å²) in [4.78, 5) is 34.6. The van der Waals surface area contributed by atoms with Crippen LogP contribution in [0.5, 0.6) is 0 Å². The minimum Gasteiger partial charge on any atom is -0.443 e. The Bertz CT molecular complexity index is 1920. The first-order chi connectivity index (χ1) is 18.1. The molecule has 1 amide bonds. The number of hydrogen-bond donors (Lipinski definition) is 2. The Labute approximate surface area is 209 Å². The average Bonchev–Trinajstić information content (AvgIpc) is 3.68. The fraction of sp³-hybridized carbons (Fsp3) is 0.0357. The maximum Gasteiger partial charge on any atom is 0.258 e. The summed E-state index contributed by atoms with van der Waals surface area (Å²) in [6.45, 7) is 0. The average molecular weight is 486 g/mol. The zero-order valence-electron chi connectivity index (χ0n) is 19.6. The molecule has 0 radical (unpaired) electrons. The van der Waals surface area contributed by atoms with Crippen molar-refractivity contribution >= 4 is 44.8 Å². The van der Waals surface area contributed by atoms with Crippen LogP contribution in [0.4, 0.5) is 5.95 Å². The van der Waals surface area contributed by atoms with Gasteiger partial charge in [0, 0.05) is 12.4 Å². The first-order valence-electron chi connectivity index (χ1n) is 11.6. The van der Waals surface area contributed by atoms with Gasteiger partial charge in [0.05, 0.1) is 45.7 Å². The van der Waals surface area contributed by atoms with Crippen molar-refractivity contribution in [3.8, 4) is 22.7 Å². The molecule has 0 saturated heterocycles. The van der Waals surface area contributed by atoms with Gasteiger partial charge in [-0.05, 0) is 53.6 Å². The number of nitrogens with zero attached hydrogens (tertiary/aromatic N) is 5. The largest absolute Gasteiger partial charge is 0.443 e. The quantitative estimate of drug-likeness (QED) is 0.337. The highest BCUT2D eigenvalue weighted by atomic mass is 16.3. The van der Waals surface area contributed by atoms with E-state index in [0.29, 0.717) is 34.0 Å². The standard InChI is InChI=1S/C28H19N7O2/c1-35-15-30-23-13-17(7-9-25(23)35)16-6-8-20-18(12-16)19(14-24(31-20)27-29-10-11-37-27)26(36)34-28-32-21-4-2-3-5-22(21)33-28/h2-15H,1H3,(H2,32,33,34,36). The van der Waals surface area contributed by atoms with Crippen LogP contribution in [0.2, 0.25) is 0 Å². The monoisotopic (exact) mass is 485 g/mol. The third-order valence-electron chi connectivity index (χ3n) is 6.38. The molecule has 9 nitrogen and oxygen atoms in total. The van der Waals surface area contributed by atoms with E-state index in [1.54, 1.807) is 18.6 Å². The van der Waals surface area contributed by atoms with Crippen molar-refractivity contribution in [1.82, 2.24) is 29.5 Å². The lowest BCUT2D eigenvalue weighted by molar-refractivity contribution is 0.102. The van der Waals surface area contributed by atoms with Gasteiger partial charge in [-0.2, -0.15) is 0 Å². The number of aromatic nitrogens is 6. The molecule has 0 bridgehead atoms. The topological polar surface area (TPSA) is 115 Å². The molecule has 7 aromatic rings. The molecular formula is C28H19N7O2. The first-order valence-corrected chi connectivity index (χ1v) is 11.6. The van der Waals surface area contributed by atoms with Crippen LogP contribution in [0.15, 0.2) is 89.9 Å². The lowest BCUT2D eigenvalue weighted by Gasteiger charge is -2.10. The van der Waals surface area contributed by atoms with E-state index in [2.05, 4.69) is 25.3 Å². The molecule has 37 heavy (non-hydrogen) atoms. The SMILES string of the molecule is Cn1cnc2cc(-c3ccc4nc(-c5ncco5)cc(C(=O)Nc5nc6ccccc6[nH]5)c4c3)ccc21. The maximum absolute atomic E-state index is 13.6. The molecule has 9 heteroatoms. The molecule has 0 spiro atoms. The van der Waals surface area contributed by atoms with Gasteiger partial charge in [0.15, 0.2) is 0 Å². The van der Waals surface area contributed by atoms with Crippen LogP contribution in [-0.2, 0) is 7.05 Å². The highest BCUT2D eigenvalue weighted by Crippen LogP contribution is 2.30. The molecule has 0 fully saturated rings. The third-order valence-corrected chi connectivity index (χ3v) is 6.38. The first kappa shape index (κ1) is 21.0. The van der Waals surface area contributed by atoms with Crippen molar-refractivity contribution in [3.63, 3.8) is 0 Å². The van der Waals surface area contributed by atoms with E-state index in [0.717, 1.165) is 33.2 Å². The number of anilines is 1. The van der Waals surface area contributed by atoms with Crippen LogP contribution < -0.4 is 5.32 Å². The van der Waals surface area contributed by atoms with Crippen LogP contribution in [0.25, 0.3) is 55.7 Å². The van der Waals surface area contributed by atoms with Crippen molar-refractivity contribution in [2.75, 3.05) is 5.32 Å². The molecular weight excluding hydrogens is 466 g/mol. The van der Waals surface area contributed by atoms with Crippen LogP contribution in [0.1, 0.15) is 10.4 Å². The number of H-pyrrole nitrogens is 1. The van der Waals surface area contributed by atoms with E-state index in [4.69, 9.17) is 9.40 Å². The van der Waals surface area contributed by atoms with E-state index in [1.807, 2.05) is 72.3 Å². The van der Waals surface area contributed by atoms with E-state index < -0.39 is 0 Å². The number of aryl methyl sites for hydroxylation is 1. The van der Waals surface area contributed by atoms with E-state index in [-0.39, 0.29) is 5.91 Å². The van der Waals surface area contributed by atoms with Gasteiger partial charge in [-0.1, -0.05) is 24.3 Å². The number of nitrogens with one attached hydrogen (secondary N) is 2. The lowest BCUT2D eigenvalue weighted by Crippen LogP contribution is -2.14. The number of benzene rings is 3. The Morgan fingerprint density at radius 3 is 2.65 bits per heavy atom. The number of carbonyl (C=O) groups is 1. The highest BCUT2D eigenvalue weighted by Gasteiger charge is 2.18. The number of aromatic amines is 1. The Kier molecular flexibility index (Phi) is 4.62. The van der Waals surface area contributed by atoms with Gasteiger partial charge in [0.2, 0.25) is 11.8 Å². The van der Waals surface area contributed by atoms with Crippen molar-refractivity contribution in [2.45, 2.75) is 0 Å². The van der Waals surface area contributed by atoms with Gasteiger partial charge in [-0.25, -0.2) is 19.9 Å². The van der Waals surface area contributed by atoms with Gasteiger partial charge >= 0.3 is 0 Å². The Hall–Kier alpha value is -5.31. The maximum atomic E-state index is 13.6. The van der Waals surface area contributed by atoms with Gasteiger partial charge in [-0.3, -0.25) is 10.1 Å². The van der Waals surface area contributed by atoms with Gasteiger partial charge in [0.25, 0.3) is 5.91 Å². The fourth-order valence-electron chi connectivity index (χ4n) is 4.56. The summed E-state index contributed by atoms with van der Waals surface area (Å²) < 4.78 is 7.44. The Morgan fingerprint density at radius 2 is 1.78 bits per heavy atom. The molecule has 0 aliphatic carbocycles. The summed E-state index contributed by atoms with van der Waals surface area (Å²) in [5.41, 5.74) is 7.04. The second-order valence-electron chi connectivity index (χ2n) is 8.74. The molecule has 7 rings (SSSR count). The Morgan fingerprint density at radius 1 is 0.919 bits per heavy atom. The van der Waals surface area contributed by atoms with Crippen molar-refractivity contribution < 1.29 is 9.21 Å². The number of rotatable bonds is 4. The Balaban J connectivity index is 1.36. The molecule has 3 aromatic carbocycles. The number of para-hydroxylation sites is 2. The van der Waals surface area contributed by atoms with Crippen LogP contribution in [0.3, 0.4) is 0 Å². The number of amides is 1. The van der Waals surface area contributed by atoms with E-state index in [1.165, 1.54) is 6.26 Å². The lowest BCUT2D eigenvalue weighted by atomic mass is 9.99. The summed E-state index contributed by atoms with van der Waals surface area (Å²) in [5.74, 6) is 0.381. The number of carbonyl (C=O) groups excluding carboxylic acids is 1.